The number of rotatable bonds is 8. The second-order valence-corrected chi connectivity index (χ2v) is 7.54. The molecule has 0 amide bonds. The van der Waals surface area contributed by atoms with Gasteiger partial charge >= 0.3 is 0 Å². The van der Waals surface area contributed by atoms with Gasteiger partial charge in [-0.15, -0.1) is 0 Å². The van der Waals surface area contributed by atoms with Crippen LogP contribution in [-0.2, 0) is 0 Å². The molecule has 0 radical (unpaired) electrons. The number of unbranched alkanes of at least 4 members (excludes halogenated alkanes) is 6. The van der Waals surface area contributed by atoms with Crippen molar-refractivity contribution >= 4 is 0 Å². The van der Waals surface area contributed by atoms with Crippen molar-refractivity contribution in [3.05, 3.63) is 0 Å². The molecule has 0 unspecified atom stereocenters. The Morgan fingerprint density at radius 1 is 0.524 bits per heavy atom. The summed E-state index contributed by atoms with van der Waals surface area (Å²) in [5.74, 6) is 1.07. The molecule has 1 rings (SSSR count). The van der Waals surface area contributed by atoms with E-state index in [1.54, 1.807) is 0 Å². The van der Waals surface area contributed by atoms with Gasteiger partial charge < -0.3 is 0 Å². The van der Waals surface area contributed by atoms with Crippen LogP contribution in [-0.4, -0.2) is 0 Å². The first-order chi connectivity index (χ1) is 10.4. The number of hydrogen-bond donors (Lipinski definition) is 0. The Balaban J connectivity index is 2.05. The Morgan fingerprint density at radius 3 is 1.48 bits per heavy atom. The van der Waals surface area contributed by atoms with Crippen LogP contribution in [0.25, 0.3) is 0 Å². The minimum absolute atomic E-state index is 1.07. The zero-order valence-corrected chi connectivity index (χ0v) is 15.0. The van der Waals surface area contributed by atoms with E-state index in [9.17, 15) is 0 Å². The maximum atomic E-state index is 2.31. The Morgan fingerprint density at radius 2 is 0.952 bits per heavy atom. The largest absolute Gasteiger partial charge is 0.0654 e. The summed E-state index contributed by atoms with van der Waals surface area (Å²) < 4.78 is 0. The molecule has 0 atom stereocenters. The van der Waals surface area contributed by atoms with Crippen molar-refractivity contribution in [2.45, 2.75) is 129 Å². The molecule has 0 spiro atoms. The molecule has 0 heterocycles. The molecule has 0 nitrogen and oxygen atoms in total. The Kier molecular flexibility index (Phi) is 13.5. The quantitative estimate of drug-likeness (QED) is 0.397. The van der Waals surface area contributed by atoms with Crippen LogP contribution in [0.4, 0.5) is 0 Å². The van der Waals surface area contributed by atoms with Crippen LogP contribution in [0.1, 0.15) is 129 Å². The average molecular weight is 295 g/mol. The maximum Gasteiger partial charge on any atom is -0.0414 e. The van der Waals surface area contributed by atoms with Crippen molar-refractivity contribution in [2.75, 3.05) is 0 Å². The molecule has 0 saturated heterocycles. The SMILES string of the molecule is CCCCCCCCCC1CCCCCCCCCCC1. The first kappa shape index (κ1) is 19.0. The molecule has 1 aliphatic rings. The summed E-state index contributed by atoms with van der Waals surface area (Å²) in [6, 6.07) is 0. The van der Waals surface area contributed by atoms with E-state index in [-0.39, 0.29) is 0 Å². The fraction of sp³-hybridized carbons (Fsp3) is 1.00. The van der Waals surface area contributed by atoms with Crippen LogP contribution in [0.5, 0.6) is 0 Å². The number of hydrogen-bond acceptors (Lipinski definition) is 0. The zero-order valence-electron chi connectivity index (χ0n) is 15.0. The predicted octanol–water partition coefficient (Wildman–Crippen LogP) is 8.05. The molecule has 0 heteroatoms. The van der Waals surface area contributed by atoms with Crippen LogP contribution in [0, 0.1) is 5.92 Å². The standard InChI is InChI=1S/C21H42/c1-2-3-4-5-9-12-15-18-21-19-16-13-10-7-6-8-11-14-17-20-21/h21H,2-20H2,1H3. The van der Waals surface area contributed by atoms with Crippen molar-refractivity contribution in [3.8, 4) is 0 Å². The van der Waals surface area contributed by atoms with E-state index in [1.807, 2.05) is 0 Å². The van der Waals surface area contributed by atoms with Gasteiger partial charge in [-0.05, 0) is 5.92 Å². The van der Waals surface area contributed by atoms with Crippen LogP contribution in [0.2, 0.25) is 0 Å². The highest BCUT2D eigenvalue weighted by atomic mass is 14.1. The average Bonchev–Trinajstić information content (AvgIpc) is 2.48. The van der Waals surface area contributed by atoms with E-state index >= 15 is 0 Å². The molecule has 0 bridgehead atoms. The minimum Gasteiger partial charge on any atom is -0.0654 e. The minimum atomic E-state index is 1.07. The van der Waals surface area contributed by atoms with Crippen molar-refractivity contribution in [3.63, 3.8) is 0 Å². The van der Waals surface area contributed by atoms with Gasteiger partial charge in [-0.3, -0.25) is 0 Å². The monoisotopic (exact) mass is 294 g/mol. The summed E-state index contributed by atoms with van der Waals surface area (Å²) >= 11 is 0. The molecule has 1 saturated carbocycles. The molecule has 126 valence electrons. The Hall–Kier alpha value is 0. The Bertz CT molecular complexity index is 184. The zero-order chi connectivity index (χ0) is 15.0. The summed E-state index contributed by atoms with van der Waals surface area (Å²) in [6.45, 7) is 2.31. The molecule has 0 aliphatic heterocycles. The first-order valence-corrected chi connectivity index (χ1v) is 10.4. The van der Waals surface area contributed by atoms with Gasteiger partial charge in [-0.1, -0.05) is 129 Å². The summed E-state index contributed by atoms with van der Waals surface area (Å²) in [5.41, 5.74) is 0. The highest BCUT2D eigenvalue weighted by molar-refractivity contribution is 4.63. The van der Waals surface area contributed by atoms with E-state index in [0.29, 0.717) is 0 Å². The summed E-state index contributed by atoms with van der Waals surface area (Å²) in [5, 5.41) is 0. The van der Waals surface area contributed by atoms with Gasteiger partial charge in [0.2, 0.25) is 0 Å². The smallest absolute Gasteiger partial charge is 0.0414 e. The topological polar surface area (TPSA) is 0 Å². The summed E-state index contributed by atoms with van der Waals surface area (Å²) in [6.07, 6.45) is 28.5. The highest BCUT2D eigenvalue weighted by Gasteiger charge is 2.09. The molecule has 1 fully saturated rings. The molecular weight excluding hydrogens is 252 g/mol. The van der Waals surface area contributed by atoms with Crippen molar-refractivity contribution in [1.82, 2.24) is 0 Å². The van der Waals surface area contributed by atoms with Crippen molar-refractivity contribution < 1.29 is 0 Å². The normalized spacial score (nSPS) is 19.9. The summed E-state index contributed by atoms with van der Waals surface area (Å²) in [4.78, 5) is 0. The second-order valence-electron chi connectivity index (χ2n) is 7.54. The fourth-order valence-corrected chi connectivity index (χ4v) is 3.93. The molecular formula is C21H42. The van der Waals surface area contributed by atoms with Crippen LogP contribution in [0.3, 0.4) is 0 Å². The molecule has 0 aromatic heterocycles. The van der Waals surface area contributed by atoms with Gasteiger partial charge in [0.15, 0.2) is 0 Å². The van der Waals surface area contributed by atoms with Gasteiger partial charge in [0.1, 0.15) is 0 Å². The Labute approximate surface area is 135 Å². The fourth-order valence-electron chi connectivity index (χ4n) is 3.93. The lowest BCUT2D eigenvalue weighted by Gasteiger charge is -2.17. The van der Waals surface area contributed by atoms with Gasteiger partial charge in [0.05, 0.1) is 0 Å². The van der Waals surface area contributed by atoms with Gasteiger partial charge in [0, 0.05) is 0 Å². The lowest BCUT2D eigenvalue weighted by molar-refractivity contribution is 0.360. The van der Waals surface area contributed by atoms with E-state index in [0.717, 1.165) is 5.92 Å². The van der Waals surface area contributed by atoms with E-state index in [2.05, 4.69) is 6.92 Å². The van der Waals surface area contributed by atoms with Crippen LogP contribution in [0.15, 0.2) is 0 Å². The van der Waals surface area contributed by atoms with E-state index in [1.165, 1.54) is 122 Å². The molecule has 0 aromatic rings. The van der Waals surface area contributed by atoms with E-state index < -0.39 is 0 Å². The van der Waals surface area contributed by atoms with Gasteiger partial charge in [0.25, 0.3) is 0 Å². The lowest BCUT2D eigenvalue weighted by Crippen LogP contribution is -2.02. The first-order valence-electron chi connectivity index (χ1n) is 10.4. The third kappa shape index (κ3) is 12.2. The van der Waals surface area contributed by atoms with Crippen LogP contribution >= 0.6 is 0 Å². The van der Waals surface area contributed by atoms with Crippen molar-refractivity contribution in [1.29, 1.82) is 0 Å². The molecule has 0 N–H and O–H groups in total. The maximum absolute atomic E-state index is 2.31. The predicted molar refractivity (Wildman–Crippen MR) is 96.9 cm³/mol. The third-order valence-corrected chi connectivity index (χ3v) is 5.44. The lowest BCUT2D eigenvalue weighted by atomic mass is 9.89. The van der Waals surface area contributed by atoms with E-state index in [4.69, 9.17) is 0 Å². The second kappa shape index (κ2) is 14.9. The van der Waals surface area contributed by atoms with Crippen molar-refractivity contribution in [2.24, 2.45) is 5.92 Å². The van der Waals surface area contributed by atoms with Gasteiger partial charge in [-0.2, -0.15) is 0 Å². The summed E-state index contributed by atoms with van der Waals surface area (Å²) in [7, 11) is 0. The molecule has 1 aliphatic carbocycles. The van der Waals surface area contributed by atoms with Crippen LogP contribution < -0.4 is 0 Å². The van der Waals surface area contributed by atoms with Gasteiger partial charge in [-0.25, -0.2) is 0 Å². The molecule has 21 heavy (non-hydrogen) atoms. The molecule has 0 aromatic carbocycles. The highest BCUT2D eigenvalue weighted by Crippen LogP contribution is 2.25. The third-order valence-electron chi connectivity index (χ3n) is 5.44.